The van der Waals surface area contributed by atoms with Crippen molar-refractivity contribution < 1.29 is 19.4 Å². The molecule has 3 atom stereocenters. The zero-order valence-electron chi connectivity index (χ0n) is 23.1. The maximum absolute atomic E-state index is 12.5. The first-order valence-electron chi connectivity index (χ1n) is 13.5. The summed E-state index contributed by atoms with van der Waals surface area (Å²) in [5, 5.41) is 13.3. The standard InChI is InChI=1S/C29H40N4O5/c1-18(2)16-38-29(36)26(20(4)34)30-13-21-8-9-25-24(12-21)31-27(23-11-19(3)28(35)32(5)15-23)33(25)14-22-7-6-10-37-17-22/h8-9,11-12,15,18,20,22,26,30,34H,6-7,10,13-14,16-17H2,1-5H3/t20-,22+,26?/m1/s1. The quantitative estimate of drug-likeness (QED) is 0.392. The van der Waals surface area contributed by atoms with Crippen LogP contribution in [0.5, 0.6) is 0 Å². The number of aliphatic hydroxyl groups excluding tert-OH is 1. The molecule has 9 nitrogen and oxygen atoms in total. The maximum Gasteiger partial charge on any atom is 0.325 e. The number of pyridine rings is 1. The van der Waals surface area contributed by atoms with E-state index in [0.717, 1.165) is 60.6 Å². The number of carbonyl (C=O) groups excluding carboxylic acids is 1. The molecule has 0 spiro atoms. The number of rotatable bonds is 10. The van der Waals surface area contributed by atoms with Gasteiger partial charge < -0.3 is 23.7 Å². The van der Waals surface area contributed by atoms with E-state index in [4.69, 9.17) is 14.5 Å². The summed E-state index contributed by atoms with van der Waals surface area (Å²) in [7, 11) is 1.76. The first-order chi connectivity index (χ1) is 18.1. The highest BCUT2D eigenvalue weighted by molar-refractivity contribution is 5.81. The molecule has 1 unspecified atom stereocenters. The number of aryl methyl sites for hydroxylation is 2. The first-order valence-corrected chi connectivity index (χ1v) is 13.5. The lowest BCUT2D eigenvalue weighted by atomic mass is 10.0. The number of aromatic nitrogens is 3. The van der Waals surface area contributed by atoms with E-state index in [9.17, 15) is 14.7 Å². The number of benzene rings is 1. The molecule has 3 aromatic rings. The van der Waals surface area contributed by atoms with Crippen LogP contribution in [0.4, 0.5) is 0 Å². The summed E-state index contributed by atoms with van der Waals surface area (Å²) in [5.41, 5.74) is 4.31. The molecular formula is C29H40N4O5. The van der Waals surface area contributed by atoms with Crippen molar-refractivity contribution in [3.63, 3.8) is 0 Å². The number of fused-ring (bicyclic) bond motifs is 1. The topological polar surface area (TPSA) is 108 Å². The van der Waals surface area contributed by atoms with Gasteiger partial charge in [0.1, 0.15) is 11.9 Å². The molecule has 2 N–H and O–H groups in total. The van der Waals surface area contributed by atoms with Crippen molar-refractivity contribution in [3.8, 4) is 11.4 Å². The normalized spacial score (nSPS) is 17.6. The Balaban J connectivity index is 1.64. The molecule has 0 amide bonds. The number of esters is 1. The summed E-state index contributed by atoms with van der Waals surface area (Å²) in [6.45, 7) is 10.3. The first kappa shape index (κ1) is 28.0. The average Bonchev–Trinajstić information content (AvgIpc) is 3.23. The highest BCUT2D eigenvalue weighted by Gasteiger charge is 2.25. The van der Waals surface area contributed by atoms with Gasteiger partial charge in [-0.05, 0) is 56.4 Å². The van der Waals surface area contributed by atoms with E-state index >= 15 is 0 Å². The van der Waals surface area contributed by atoms with E-state index in [1.165, 1.54) is 0 Å². The summed E-state index contributed by atoms with van der Waals surface area (Å²) in [5.74, 6) is 0.962. The van der Waals surface area contributed by atoms with Crippen molar-refractivity contribution in [3.05, 3.63) is 51.9 Å². The molecule has 3 heterocycles. The SMILES string of the molecule is Cc1cc(-c2nc3cc(CNC(C(=O)OCC(C)C)[C@@H](C)O)ccc3n2C[C@@H]2CCCOC2)cn(C)c1=O. The lowest BCUT2D eigenvalue weighted by Crippen LogP contribution is -2.45. The molecule has 38 heavy (non-hydrogen) atoms. The highest BCUT2D eigenvalue weighted by atomic mass is 16.5. The Kier molecular flexibility index (Phi) is 9.02. The Bertz CT molecular complexity index is 1290. The van der Waals surface area contributed by atoms with E-state index < -0.39 is 18.1 Å². The van der Waals surface area contributed by atoms with Crippen LogP contribution in [0, 0.1) is 18.8 Å². The van der Waals surface area contributed by atoms with Gasteiger partial charge in [-0.1, -0.05) is 19.9 Å². The fourth-order valence-corrected chi connectivity index (χ4v) is 4.92. The third kappa shape index (κ3) is 6.51. The van der Waals surface area contributed by atoms with Crippen molar-refractivity contribution in [2.24, 2.45) is 18.9 Å². The average molecular weight is 525 g/mol. The number of nitrogens with one attached hydrogen (secondary N) is 1. The molecule has 4 rings (SSSR count). The van der Waals surface area contributed by atoms with E-state index in [-0.39, 0.29) is 11.5 Å². The molecule has 0 aliphatic carbocycles. The molecule has 206 valence electrons. The molecule has 1 aliphatic rings. The van der Waals surface area contributed by atoms with Gasteiger partial charge >= 0.3 is 5.97 Å². The van der Waals surface area contributed by atoms with Crippen molar-refractivity contribution in [1.82, 2.24) is 19.4 Å². The van der Waals surface area contributed by atoms with Crippen LogP contribution in [0.3, 0.4) is 0 Å². The largest absolute Gasteiger partial charge is 0.464 e. The number of ether oxygens (including phenoxy) is 2. The van der Waals surface area contributed by atoms with Gasteiger partial charge in [0.15, 0.2) is 0 Å². The number of carbonyl (C=O) groups is 1. The zero-order chi connectivity index (χ0) is 27.4. The molecule has 0 radical (unpaired) electrons. The van der Waals surface area contributed by atoms with Crippen LogP contribution in [-0.2, 0) is 34.4 Å². The molecule has 1 saturated heterocycles. The number of hydrogen-bond donors (Lipinski definition) is 2. The van der Waals surface area contributed by atoms with Crippen LogP contribution >= 0.6 is 0 Å². The van der Waals surface area contributed by atoms with Gasteiger partial charge in [-0.15, -0.1) is 0 Å². The minimum absolute atomic E-state index is 0.0231. The van der Waals surface area contributed by atoms with Crippen LogP contribution < -0.4 is 10.9 Å². The van der Waals surface area contributed by atoms with Crippen molar-refractivity contribution in [2.75, 3.05) is 19.8 Å². The van der Waals surface area contributed by atoms with Gasteiger partial charge in [0.25, 0.3) is 5.56 Å². The molecule has 0 saturated carbocycles. The minimum atomic E-state index is -0.894. The second-order valence-electron chi connectivity index (χ2n) is 10.9. The van der Waals surface area contributed by atoms with Gasteiger partial charge in [-0.3, -0.25) is 14.9 Å². The Morgan fingerprint density at radius 3 is 2.74 bits per heavy atom. The summed E-state index contributed by atoms with van der Waals surface area (Å²) in [6.07, 6.45) is 3.09. The molecule has 0 bridgehead atoms. The van der Waals surface area contributed by atoms with E-state index in [0.29, 0.717) is 24.6 Å². The second-order valence-corrected chi connectivity index (χ2v) is 10.9. The lowest BCUT2D eigenvalue weighted by Gasteiger charge is -2.23. The van der Waals surface area contributed by atoms with Gasteiger partial charge in [0, 0.05) is 50.0 Å². The number of nitrogens with zero attached hydrogens (tertiary/aromatic N) is 3. The third-order valence-electron chi connectivity index (χ3n) is 6.95. The summed E-state index contributed by atoms with van der Waals surface area (Å²) in [6, 6.07) is 7.15. The predicted octanol–water partition coefficient (Wildman–Crippen LogP) is 3.18. The fourth-order valence-electron chi connectivity index (χ4n) is 4.92. The van der Waals surface area contributed by atoms with Crippen molar-refractivity contribution >= 4 is 17.0 Å². The zero-order valence-corrected chi connectivity index (χ0v) is 23.1. The van der Waals surface area contributed by atoms with Crippen molar-refractivity contribution in [1.29, 1.82) is 0 Å². The van der Waals surface area contributed by atoms with E-state index in [2.05, 4.69) is 16.0 Å². The Morgan fingerprint density at radius 2 is 2.08 bits per heavy atom. The maximum atomic E-state index is 12.5. The molecule has 1 fully saturated rings. The lowest BCUT2D eigenvalue weighted by molar-refractivity contribution is -0.150. The predicted molar refractivity (Wildman–Crippen MR) is 147 cm³/mol. The fraction of sp³-hybridized carbons (Fsp3) is 0.552. The third-order valence-corrected chi connectivity index (χ3v) is 6.95. The minimum Gasteiger partial charge on any atom is -0.464 e. The monoisotopic (exact) mass is 524 g/mol. The molecule has 2 aromatic heterocycles. The smallest absolute Gasteiger partial charge is 0.325 e. The van der Waals surface area contributed by atoms with Crippen LogP contribution in [0.25, 0.3) is 22.4 Å². The Hall–Kier alpha value is -3.01. The van der Waals surface area contributed by atoms with E-state index in [1.54, 1.807) is 18.5 Å². The number of aliphatic hydroxyl groups is 1. The highest BCUT2D eigenvalue weighted by Crippen LogP contribution is 2.28. The molecule has 9 heteroatoms. The summed E-state index contributed by atoms with van der Waals surface area (Å²) >= 11 is 0. The molecule has 1 aromatic carbocycles. The summed E-state index contributed by atoms with van der Waals surface area (Å²) in [4.78, 5) is 29.8. The molecular weight excluding hydrogens is 484 g/mol. The van der Waals surface area contributed by atoms with Crippen LogP contribution in [0.15, 0.2) is 35.3 Å². The van der Waals surface area contributed by atoms with Crippen molar-refractivity contribution in [2.45, 2.75) is 65.8 Å². The second kappa shape index (κ2) is 12.2. The van der Waals surface area contributed by atoms with Crippen LogP contribution in [0.1, 0.15) is 44.7 Å². The molecule has 1 aliphatic heterocycles. The Labute approximate surface area is 223 Å². The van der Waals surface area contributed by atoms with Crippen LogP contribution in [0.2, 0.25) is 0 Å². The van der Waals surface area contributed by atoms with Gasteiger partial charge in [0.2, 0.25) is 0 Å². The van der Waals surface area contributed by atoms with E-state index in [1.807, 2.05) is 45.2 Å². The van der Waals surface area contributed by atoms with Gasteiger partial charge in [-0.25, -0.2) is 4.98 Å². The number of hydrogen-bond acceptors (Lipinski definition) is 7. The van der Waals surface area contributed by atoms with Crippen LogP contribution in [-0.4, -0.2) is 57.2 Å². The Morgan fingerprint density at radius 1 is 1.29 bits per heavy atom. The van der Waals surface area contributed by atoms with Gasteiger partial charge in [0.05, 0.1) is 30.4 Å². The summed E-state index contributed by atoms with van der Waals surface area (Å²) < 4.78 is 14.9. The number of imidazole rings is 1. The van der Waals surface area contributed by atoms with Gasteiger partial charge in [-0.2, -0.15) is 0 Å².